The molecule has 0 aliphatic rings. The van der Waals surface area contributed by atoms with Crippen LogP contribution in [-0.4, -0.2) is 19.7 Å². The van der Waals surface area contributed by atoms with Gasteiger partial charge in [0.05, 0.1) is 13.0 Å². The van der Waals surface area contributed by atoms with Crippen LogP contribution in [0.3, 0.4) is 0 Å². The van der Waals surface area contributed by atoms with Crippen molar-refractivity contribution in [1.29, 1.82) is 0 Å². The van der Waals surface area contributed by atoms with Gasteiger partial charge in [-0.15, -0.1) is 0 Å². The molecule has 0 saturated carbocycles. The molecule has 1 aromatic rings. The van der Waals surface area contributed by atoms with Crippen LogP contribution in [0.5, 0.6) is 5.75 Å². The van der Waals surface area contributed by atoms with Gasteiger partial charge in [-0.05, 0) is 30.7 Å². The Balaban J connectivity index is 2.51. The Morgan fingerprint density at radius 2 is 2.00 bits per heavy atom. The summed E-state index contributed by atoms with van der Waals surface area (Å²) in [5.41, 5.74) is 0. The lowest BCUT2D eigenvalue weighted by Crippen LogP contribution is -2.23. The number of esters is 1. The van der Waals surface area contributed by atoms with Crippen LogP contribution in [0.4, 0.5) is 4.39 Å². The summed E-state index contributed by atoms with van der Waals surface area (Å²) in [6.45, 7) is 2.25. The van der Waals surface area contributed by atoms with Crippen LogP contribution >= 0.6 is 0 Å². The van der Waals surface area contributed by atoms with Crippen LogP contribution in [0.25, 0.3) is 0 Å². The molecule has 0 radical (unpaired) electrons. The van der Waals surface area contributed by atoms with Crippen molar-refractivity contribution in [3.05, 3.63) is 30.1 Å². The standard InChI is InChI=1S/C13H17FO3/c1-3-4-10(13(15)16-2)9-17-12-7-5-11(14)6-8-12/h5-8,10H,3-4,9H2,1-2H3. The number of halogens is 1. The minimum absolute atomic E-state index is 0.256. The largest absolute Gasteiger partial charge is 0.493 e. The van der Waals surface area contributed by atoms with Gasteiger partial charge in [0, 0.05) is 0 Å². The molecule has 0 heterocycles. The Labute approximate surface area is 101 Å². The quantitative estimate of drug-likeness (QED) is 0.717. The highest BCUT2D eigenvalue weighted by atomic mass is 19.1. The van der Waals surface area contributed by atoms with Gasteiger partial charge >= 0.3 is 5.97 Å². The van der Waals surface area contributed by atoms with Crippen molar-refractivity contribution in [3.8, 4) is 5.75 Å². The number of carbonyl (C=O) groups excluding carboxylic acids is 1. The summed E-state index contributed by atoms with van der Waals surface area (Å²) in [5.74, 6) is -0.296. The van der Waals surface area contributed by atoms with Gasteiger partial charge in [-0.1, -0.05) is 13.3 Å². The number of ether oxygens (including phenoxy) is 2. The number of carbonyl (C=O) groups is 1. The fraction of sp³-hybridized carbons (Fsp3) is 0.462. The Morgan fingerprint density at radius 3 is 2.53 bits per heavy atom. The molecule has 0 spiro atoms. The van der Waals surface area contributed by atoms with Gasteiger partial charge in [0.15, 0.2) is 0 Å². The Morgan fingerprint density at radius 1 is 1.35 bits per heavy atom. The highest BCUT2D eigenvalue weighted by molar-refractivity contribution is 5.72. The van der Waals surface area contributed by atoms with Crippen LogP contribution in [0, 0.1) is 11.7 Å². The first-order valence-corrected chi connectivity index (χ1v) is 5.63. The van der Waals surface area contributed by atoms with Gasteiger partial charge in [-0.3, -0.25) is 4.79 Å². The molecule has 0 fully saturated rings. The van der Waals surface area contributed by atoms with Crippen LogP contribution < -0.4 is 4.74 Å². The average Bonchev–Trinajstić information content (AvgIpc) is 2.35. The summed E-state index contributed by atoms with van der Waals surface area (Å²) in [5, 5.41) is 0. The molecular formula is C13H17FO3. The van der Waals surface area contributed by atoms with Crippen molar-refractivity contribution in [2.24, 2.45) is 5.92 Å². The average molecular weight is 240 g/mol. The monoisotopic (exact) mass is 240 g/mol. The maximum absolute atomic E-state index is 12.7. The zero-order valence-electron chi connectivity index (χ0n) is 10.1. The molecule has 0 N–H and O–H groups in total. The Kier molecular flexibility index (Phi) is 5.46. The number of benzene rings is 1. The molecule has 0 aromatic heterocycles. The predicted molar refractivity (Wildman–Crippen MR) is 62.3 cm³/mol. The van der Waals surface area contributed by atoms with Crippen molar-refractivity contribution >= 4 is 5.97 Å². The molecule has 4 heteroatoms. The summed E-state index contributed by atoms with van der Waals surface area (Å²) in [7, 11) is 1.36. The van der Waals surface area contributed by atoms with Gasteiger partial charge in [0.25, 0.3) is 0 Å². The van der Waals surface area contributed by atoms with Gasteiger partial charge < -0.3 is 9.47 Å². The third kappa shape index (κ3) is 4.43. The second-order valence-corrected chi connectivity index (χ2v) is 3.77. The second-order valence-electron chi connectivity index (χ2n) is 3.77. The van der Waals surface area contributed by atoms with Crippen LogP contribution in [-0.2, 0) is 9.53 Å². The Hall–Kier alpha value is -1.58. The first-order chi connectivity index (χ1) is 8.17. The zero-order valence-corrected chi connectivity index (χ0v) is 10.1. The lowest BCUT2D eigenvalue weighted by atomic mass is 10.1. The van der Waals surface area contributed by atoms with Gasteiger partial charge in [0.2, 0.25) is 0 Å². The van der Waals surface area contributed by atoms with E-state index >= 15 is 0 Å². The summed E-state index contributed by atoms with van der Waals surface area (Å²) < 4.78 is 22.8. The van der Waals surface area contributed by atoms with Crippen LogP contribution in [0.15, 0.2) is 24.3 Å². The molecule has 0 aliphatic heterocycles. The maximum atomic E-state index is 12.7. The van der Waals surface area contributed by atoms with E-state index in [4.69, 9.17) is 9.47 Å². The van der Waals surface area contributed by atoms with E-state index in [0.717, 1.165) is 6.42 Å². The minimum Gasteiger partial charge on any atom is -0.493 e. The van der Waals surface area contributed by atoms with E-state index in [2.05, 4.69) is 0 Å². The SMILES string of the molecule is CCCC(COc1ccc(F)cc1)C(=O)OC. The van der Waals surface area contributed by atoms with Crippen LogP contribution in [0.1, 0.15) is 19.8 Å². The lowest BCUT2D eigenvalue weighted by Gasteiger charge is -2.14. The van der Waals surface area contributed by atoms with Crippen LogP contribution in [0.2, 0.25) is 0 Å². The molecule has 17 heavy (non-hydrogen) atoms. The summed E-state index contributed by atoms with van der Waals surface area (Å²) >= 11 is 0. The van der Waals surface area contributed by atoms with E-state index in [1.165, 1.54) is 31.4 Å². The molecule has 1 atom stereocenters. The summed E-state index contributed by atoms with van der Waals surface area (Å²) in [6, 6.07) is 5.72. The van der Waals surface area contributed by atoms with E-state index in [9.17, 15) is 9.18 Å². The molecule has 94 valence electrons. The fourth-order valence-corrected chi connectivity index (χ4v) is 1.51. The van der Waals surface area contributed by atoms with Crippen molar-refractivity contribution in [3.63, 3.8) is 0 Å². The maximum Gasteiger partial charge on any atom is 0.312 e. The van der Waals surface area contributed by atoms with Crippen molar-refractivity contribution in [1.82, 2.24) is 0 Å². The molecule has 0 aliphatic carbocycles. The van der Waals surface area contributed by atoms with Crippen molar-refractivity contribution in [2.75, 3.05) is 13.7 Å². The van der Waals surface area contributed by atoms with E-state index in [0.29, 0.717) is 12.2 Å². The third-order valence-corrected chi connectivity index (χ3v) is 2.44. The summed E-state index contributed by atoms with van der Waals surface area (Å²) in [6.07, 6.45) is 1.60. The summed E-state index contributed by atoms with van der Waals surface area (Å²) in [4.78, 5) is 11.4. The van der Waals surface area contributed by atoms with Crippen molar-refractivity contribution in [2.45, 2.75) is 19.8 Å². The Bertz CT molecular complexity index is 348. The lowest BCUT2D eigenvalue weighted by molar-refractivity contribution is -0.146. The molecule has 0 bridgehead atoms. The van der Waals surface area contributed by atoms with E-state index < -0.39 is 0 Å². The number of hydrogen-bond acceptors (Lipinski definition) is 3. The zero-order chi connectivity index (χ0) is 12.7. The first-order valence-electron chi connectivity index (χ1n) is 5.63. The van der Waals surface area contributed by atoms with E-state index in [-0.39, 0.29) is 24.3 Å². The molecule has 0 amide bonds. The van der Waals surface area contributed by atoms with Crippen molar-refractivity contribution < 1.29 is 18.7 Å². The topological polar surface area (TPSA) is 35.5 Å². The number of methoxy groups -OCH3 is 1. The predicted octanol–water partition coefficient (Wildman–Crippen LogP) is 2.79. The molecule has 0 saturated heterocycles. The van der Waals surface area contributed by atoms with Gasteiger partial charge in [0.1, 0.15) is 18.2 Å². The van der Waals surface area contributed by atoms with E-state index in [1.807, 2.05) is 6.92 Å². The second kappa shape index (κ2) is 6.89. The minimum atomic E-state index is -0.310. The molecule has 1 aromatic carbocycles. The smallest absolute Gasteiger partial charge is 0.312 e. The first kappa shape index (κ1) is 13.5. The normalized spacial score (nSPS) is 11.9. The molecule has 3 nitrogen and oxygen atoms in total. The van der Waals surface area contributed by atoms with Gasteiger partial charge in [-0.25, -0.2) is 4.39 Å². The van der Waals surface area contributed by atoms with Gasteiger partial charge in [-0.2, -0.15) is 0 Å². The molecule has 1 unspecified atom stereocenters. The fourth-order valence-electron chi connectivity index (χ4n) is 1.51. The highest BCUT2D eigenvalue weighted by Gasteiger charge is 2.18. The molecular weight excluding hydrogens is 223 g/mol. The number of hydrogen-bond donors (Lipinski definition) is 0. The highest BCUT2D eigenvalue weighted by Crippen LogP contribution is 2.15. The third-order valence-electron chi connectivity index (χ3n) is 2.44. The van der Waals surface area contributed by atoms with E-state index in [1.54, 1.807) is 0 Å². The molecule has 1 rings (SSSR count). The number of rotatable bonds is 6.